The molecule has 1 atom stereocenters. The highest BCUT2D eigenvalue weighted by molar-refractivity contribution is 5.85. The van der Waals surface area contributed by atoms with Crippen LogP contribution in [0.4, 0.5) is 0 Å². The molecule has 4 nitrogen and oxygen atoms in total. The highest BCUT2D eigenvalue weighted by Crippen LogP contribution is 2.15. The maximum absolute atomic E-state index is 11.7. The van der Waals surface area contributed by atoms with Gasteiger partial charge in [0, 0.05) is 18.8 Å². The minimum Gasteiger partial charge on any atom is -0.349 e. The van der Waals surface area contributed by atoms with Gasteiger partial charge in [-0.3, -0.25) is 9.78 Å². The number of pyridine rings is 1. The van der Waals surface area contributed by atoms with Crippen molar-refractivity contribution < 1.29 is 4.79 Å². The molecule has 0 spiro atoms. The molecule has 1 unspecified atom stereocenters. The first-order chi connectivity index (χ1) is 8.27. The Kier molecular flexibility index (Phi) is 13.2. The molecule has 19 heavy (non-hydrogen) atoms. The summed E-state index contributed by atoms with van der Waals surface area (Å²) < 4.78 is 0. The fraction of sp³-hybridized carbons (Fsp3) is 0.538. The Morgan fingerprint density at radius 2 is 1.95 bits per heavy atom. The number of carbonyl (C=O) groups is 1. The number of rotatable bonds is 7. The molecule has 0 saturated carbocycles. The fourth-order valence-corrected chi connectivity index (χ4v) is 1.71. The molecule has 0 saturated heterocycles. The van der Waals surface area contributed by atoms with E-state index in [1.54, 1.807) is 12.4 Å². The minimum atomic E-state index is 0. The van der Waals surface area contributed by atoms with Crippen molar-refractivity contribution in [3.8, 4) is 0 Å². The first kappa shape index (κ1) is 20.5. The third kappa shape index (κ3) is 8.03. The fourth-order valence-electron chi connectivity index (χ4n) is 1.71. The lowest BCUT2D eigenvalue weighted by atomic mass is 10.1. The van der Waals surface area contributed by atoms with Crippen molar-refractivity contribution in [1.82, 2.24) is 15.6 Å². The normalized spacial score (nSPS) is 10.8. The number of hydrogen-bond acceptors (Lipinski definition) is 3. The largest absolute Gasteiger partial charge is 0.349 e. The van der Waals surface area contributed by atoms with Gasteiger partial charge in [-0.2, -0.15) is 0 Å². The third-order valence-corrected chi connectivity index (χ3v) is 2.68. The van der Waals surface area contributed by atoms with Crippen LogP contribution in [0.25, 0.3) is 0 Å². The van der Waals surface area contributed by atoms with E-state index in [0.717, 1.165) is 24.9 Å². The van der Waals surface area contributed by atoms with Gasteiger partial charge >= 0.3 is 0 Å². The Labute approximate surface area is 127 Å². The van der Waals surface area contributed by atoms with E-state index < -0.39 is 0 Å². The van der Waals surface area contributed by atoms with E-state index in [-0.39, 0.29) is 36.8 Å². The van der Waals surface area contributed by atoms with Crippen molar-refractivity contribution in [1.29, 1.82) is 0 Å². The molecule has 1 heterocycles. The van der Waals surface area contributed by atoms with E-state index in [2.05, 4.69) is 22.5 Å². The monoisotopic (exact) mass is 307 g/mol. The second kappa shape index (κ2) is 12.2. The van der Waals surface area contributed by atoms with E-state index in [1.165, 1.54) is 0 Å². The first-order valence-electron chi connectivity index (χ1n) is 6.11. The number of nitrogens with one attached hydrogen (secondary N) is 2. The molecule has 0 aliphatic rings. The van der Waals surface area contributed by atoms with Crippen LogP contribution in [0.3, 0.4) is 0 Å². The second-order valence-electron chi connectivity index (χ2n) is 4.02. The first-order valence-corrected chi connectivity index (χ1v) is 6.11. The highest BCUT2D eigenvalue weighted by Gasteiger charge is 2.11. The zero-order valence-corrected chi connectivity index (χ0v) is 13.0. The van der Waals surface area contributed by atoms with Crippen LogP contribution >= 0.6 is 24.8 Å². The quantitative estimate of drug-likeness (QED) is 0.761. The molecular weight excluding hydrogens is 285 g/mol. The molecule has 0 aliphatic carbocycles. The van der Waals surface area contributed by atoms with Gasteiger partial charge in [-0.25, -0.2) is 0 Å². The zero-order valence-electron chi connectivity index (χ0n) is 11.4. The SMILES string of the molecule is CCC(NC(=O)CCCNC)c1ccncc1.Cl.Cl. The summed E-state index contributed by atoms with van der Waals surface area (Å²) in [4.78, 5) is 15.7. The molecule has 110 valence electrons. The lowest BCUT2D eigenvalue weighted by molar-refractivity contribution is -0.121. The molecular formula is C13H23Cl2N3O. The van der Waals surface area contributed by atoms with Crippen molar-refractivity contribution in [2.24, 2.45) is 0 Å². The van der Waals surface area contributed by atoms with Crippen molar-refractivity contribution in [2.75, 3.05) is 13.6 Å². The van der Waals surface area contributed by atoms with E-state index in [9.17, 15) is 4.79 Å². The van der Waals surface area contributed by atoms with E-state index in [1.807, 2.05) is 19.2 Å². The zero-order chi connectivity index (χ0) is 12.5. The lowest BCUT2D eigenvalue weighted by Gasteiger charge is -2.17. The van der Waals surface area contributed by atoms with Gasteiger partial charge < -0.3 is 10.6 Å². The Morgan fingerprint density at radius 3 is 2.47 bits per heavy atom. The van der Waals surface area contributed by atoms with Crippen LogP contribution in [0.1, 0.15) is 37.8 Å². The number of nitrogens with zero attached hydrogens (tertiary/aromatic N) is 1. The van der Waals surface area contributed by atoms with Crippen molar-refractivity contribution >= 4 is 30.7 Å². The molecule has 0 radical (unpaired) electrons. The maximum Gasteiger partial charge on any atom is 0.220 e. The average Bonchev–Trinajstić information content (AvgIpc) is 2.37. The number of aromatic nitrogens is 1. The molecule has 0 bridgehead atoms. The number of hydrogen-bond donors (Lipinski definition) is 2. The van der Waals surface area contributed by atoms with Gasteiger partial charge in [-0.1, -0.05) is 6.92 Å². The summed E-state index contributed by atoms with van der Waals surface area (Å²) in [6.45, 7) is 2.94. The molecule has 1 rings (SSSR count). The predicted octanol–water partition coefficient (Wildman–Crippen LogP) is 2.49. The van der Waals surface area contributed by atoms with E-state index in [4.69, 9.17) is 0 Å². The molecule has 0 aliphatic heterocycles. The van der Waals surface area contributed by atoms with Crippen molar-refractivity contribution in [2.45, 2.75) is 32.2 Å². The molecule has 2 N–H and O–H groups in total. The smallest absolute Gasteiger partial charge is 0.220 e. The Hall–Kier alpha value is -0.840. The van der Waals surface area contributed by atoms with Crippen molar-refractivity contribution in [3.05, 3.63) is 30.1 Å². The summed E-state index contributed by atoms with van der Waals surface area (Å²) >= 11 is 0. The van der Waals surface area contributed by atoms with Crippen molar-refractivity contribution in [3.63, 3.8) is 0 Å². The standard InChI is InChI=1S/C13H21N3O.2ClH/c1-3-12(11-6-9-15-10-7-11)16-13(17)5-4-8-14-2;;/h6-7,9-10,12,14H,3-5,8H2,1-2H3,(H,16,17);2*1H. The van der Waals surface area contributed by atoms with Gasteiger partial charge in [-0.05, 0) is 44.1 Å². The van der Waals surface area contributed by atoms with Crippen LogP contribution in [0, 0.1) is 0 Å². The van der Waals surface area contributed by atoms with Crippen LogP contribution in [-0.2, 0) is 4.79 Å². The Balaban J connectivity index is 0. The van der Waals surface area contributed by atoms with Gasteiger partial charge in [0.1, 0.15) is 0 Å². The lowest BCUT2D eigenvalue weighted by Crippen LogP contribution is -2.28. The van der Waals surface area contributed by atoms with Gasteiger partial charge in [-0.15, -0.1) is 24.8 Å². The molecule has 0 aromatic carbocycles. The number of carbonyl (C=O) groups excluding carboxylic acids is 1. The molecule has 1 amide bonds. The molecule has 6 heteroatoms. The Morgan fingerprint density at radius 1 is 1.32 bits per heavy atom. The van der Waals surface area contributed by atoms with Crippen LogP contribution in [0.15, 0.2) is 24.5 Å². The molecule has 1 aromatic heterocycles. The van der Waals surface area contributed by atoms with Gasteiger partial charge in [0.2, 0.25) is 5.91 Å². The summed E-state index contributed by atoms with van der Waals surface area (Å²) in [5.74, 6) is 0.115. The third-order valence-electron chi connectivity index (χ3n) is 2.68. The van der Waals surface area contributed by atoms with Crippen LogP contribution < -0.4 is 10.6 Å². The summed E-state index contributed by atoms with van der Waals surface area (Å²) in [6.07, 6.45) is 5.84. The van der Waals surface area contributed by atoms with E-state index >= 15 is 0 Å². The predicted molar refractivity (Wildman–Crippen MR) is 83.1 cm³/mol. The summed E-state index contributed by atoms with van der Waals surface area (Å²) in [7, 11) is 1.89. The topological polar surface area (TPSA) is 54.0 Å². The summed E-state index contributed by atoms with van der Waals surface area (Å²) in [5.41, 5.74) is 1.12. The average molecular weight is 308 g/mol. The number of amides is 1. The molecule has 0 fully saturated rings. The minimum absolute atomic E-state index is 0. The van der Waals surface area contributed by atoms with Crippen LogP contribution in [0.5, 0.6) is 0 Å². The van der Waals surface area contributed by atoms with Gasteiger partial charge in [0.25, 0.3) is 0 Å². The highest BCUT2D eigenvalue weighted by atomic mass is 35.5. The van der Waals surface area contributed by atoms with E-state index in [0.29, 0.717) is 6.42 Å². The summed E-state index contributed by atoms with van der Waals surface area (Å²) in [5, 5.41) is 6.08. The van der Waals surface area contributed by atoms with Gasteiger partial charge in [0.15, 0.2) is 0 Å². The van der Waals surface area contributed by atoms with Gasteiger partial charge in [0.05, 0.1) is 6.04 Å². The van der Waals surface area contributed by atoms with Crippen LogP contribution in [-0.4, -0.2) is 24.5 Å². The second-order valence-corrected chi connectivity index (χ2v) is 4.02. The van der Waals surface area contributed by atoms with Crippen LogP contribution in [0.2, 0.25) is 0 Å². The summed E-state index contributed by atoms with van der Waals surface area (Å²) in [6, 6.07) is 3.99. The Bertz CT molecular complexity index is 336. The molecule has 1 aromatic rings. The number of halogens is 2. The maximum atomic E-state index is 11.7.